The Morgan fingerprint density at radius 2 is 1.22 bits per heavy atom. The smallest absolute Gasteiger partial charge is 0.0667 e. The van der Waals surface area contributed by atoms with Crippen LogP contribution in [0.25, 0.3) is 0 Å². The van der Waals surface area contributed by atoms with Crippen LogP contribution in [-0.2, 0) is 0 Å². The SMILES string of the molecule is CCC(CO)(CO)CCCC(CO)(CO)CCC(O)CN(CCO)CCO. The fourth-order valence-corrected chi connectivity index (χ4v) is 3.38. The standard InChI is InChI=1S/C19H41NO7/c1-2-18(13-23,14-24)5-3-6-19(15-25,16-26)7-4-17(27)12-20(8-10-21)9-11-22/h17,21-27H,2-16H2,1H3. The van der Waals surface area contributed by atoms with E-state index in [1.165, 1.54) is 0 Å². The second-order valence-electron chi connectivity index (χ2n) is 7.78. The second-order valence-corrected chi connectivity index (χ2v) is 7.78. The topological polar surface area (TPSA) is 145 Å². The molecule has 1 atom stereocenters. The van der Waals surface area contributed by atoms with E-state index >= 15 is 0 Å². The van der Waals surface area contributed by atoms with Crippen molar-refractivity contribution in [1.82, 2.24) is 4.90 Å². The number of hydrogen-bond acceptors (Lipinski definition) is 8. The van der Waals surface area contributed by atoms with Gasteiger partial charge in [-0.1, -0.05) is 13.3 Å². The molecular weight excluding hydrogens is 354 g/mol. The second kappa shape index (κ2) is 14.6. The lowest BCUT2D eigenvalue weighted by Gasteiger charge is -2.34. The van der Waals surface area contributed by atoms with Crippen molar-refractivity contribution in [2.24, 2.45) is 10.8 Å². The van der Waals surface area contributed by atoms with Gasteiger partial charge in [0, 0.05) is 30.5 Å². The predicted octanol–water partition coefficient (Wildman–Crippen LogP) is -1.06. The summed E-state index contributed by atoms with van der Waals surface area (Å²) in [7, 11) is 0. The quantitative estimate of drug-likeness (QED) is 0.155. The molecule has 0 amide bonds. The highest BCUT2D eigenvalue weighted by Gasteiger charge is 2.32. The van der Waals surface area contributed by atoms with E-state index in [0.717, 1.165) is 0 Å². The summed E-state index contributed by atoms with van der Waals surface area (Å²) in [5.74, 6) is 0. The van der Waals surface area contributed by atoms with Gasteiger partial charge in [0.25, 0.3) is 0 Å². The summed E-state index contributed by atoms with van der Waals surface area (Å²) in [6.45, 7) is 2.23. The Hall–Kier alpha value is -0.320. The van der Waals surface area contributed by atoms with Crippen molar-refractivity contribution in [3.63, 3.8) is 0 Å². The molecule has 0 spiro atoms. The van der Waals surface area contributed by atoms with E-state index in [0.29, 0.717) is 58.2 Å². The molecule has 1 unspecified atom stereocenters. The van der Waals surface area contributed by atoms with Crippen LogP contribution in [0, 0.1) is 10.8 Å². The Labute approximate surface area is 163 Å². The van der Waals surface area contributed by atoms with Gasteiger partial charge in [-0.25, -0.2) is 0 Å². The first-order valence-corrected chi connectivity index (χ1v) is 9.96. The van der Waals surface area contributed by atoms with Crippen LogP contribution in [-0.4, -0.2) is 106 Å². The zero-order chi connectivity index (χ0) is 20.8. The maximum atomic E-state index is 10.3. The highest BCUT2D eigenvalue weighted by Crippen LogP contribution is 2.34. The van der Waals surface area contributed by atoms with Crippen molar-refractivity contribution >= 4 is 0 Å². The summed E-state index contributed by atoms with van der Waals surface area (Å²) in [6, 6.07) is 0. The number of rotatable bonds is 18. The molecular formula is C19H41NO7. The molecule has 0 aromatic rings. The lowest BCUT2D eigenvalue weighted by molar-refractivity contribution is 0.00578. The fourth-order valence-electron chi connectivity index (χ4n) is 3.38. The van der Waals surface area contributed by atoms with E-state index in [-0.39, 0.29) is 39.6 Å². The Balaban J connectivity index is 4.63. The highest BCUT2D eigenvalue weighted by molar-refractivity contribution is 4.83. The van der Waals surface area contributed by atoms with Gasteiger partial charge in [-0.3, -0.25) is 4.90 Å². The van der Waals surface area contributed by atoms with Gasteiger partial charge in [-0.2, -0.15) is 0 Å². The minimum absolute atomic E-state index is 0.0567. The first kappa shape index (κ1) is 26.7. The molecule has 0 aromatic heterocycles. The molecule has 7 N–H and O–H groups in total. The summed E-state index contributed by atoms with van der Waals surface area (Å²) >= 11 is 0. The molecule has 0 radical (unpaired) electrons. The van der Waals surface area contributed by atoms with Crippen LogP contribution < -0.4 is 0 Å². The van der Waals surface area contributed by atoms with E-state index in [1.807, 2.05) is 6.92 Å². The summed E-state index contributed by atoms with van der Waals surface area (Å²) in [6.07, 6.45) is 2.55. The molecule has 0 bridgehead atoms. The molecule has 0 saturated carbocycles. The zero-order valence-corrected chi connectivity index (χ0v) is 16.8. The molecule has 164 valence electrons. The van der Waals surface area contributed by atoms with Crippen LogP contribution in [0.2, 0.25) is 0 Å². The zero-order valence-electron chi connectivity index (χ0n) is 16.8. The van der Waals surface area contributed by atoms with Gasteiger partial charge in [0.1, 0.15) is 0 Å². The fraction of sp³-hybridized carbons (Fsp3) is 1.00. The Morgan fingerprint density at radius 3 is 1.63 bits per heavy atom. The normalized spacial score (nSPS) is 14.1. The third-order valence-corrected chi connectivity index (χ3v) is 5.82. The molecule has 0 aliphatic carbocycles. The van der Waals surface area contributed by atoms with Gasteiger partial charge in [-0.05, 0) is 32.1 Å². The van der Waals surface area contributed by atoms with Gasteiger partial charge in [-0.15, -0.1) is 0 Å². The largest absolute Gasteiger partial charge is 0.396 e. The summed E-state index contributed by atoms with van der Waals surface area (Å²) in [4.78, 5) is 1.77. The molecule has 8 nitrogen and oxygen atoms in total. The molecule has 0 saturated heterocycles. The van der Waals surface area contributed by atoms with E-state index in [1.54, 1.807) is 4.90 Å². The van der Waals surface area contributed by atoms with Crippen molar-refractivity contribution in [3.8, 4) is 0 Å². The van der Waals surface area contributed by atoms with Crippen LogP contribution in [0.4, 0.5) is 0 Å². The van der Waals surface area contributed by atoms with Gasteiger partial charge in [0.15, 0.2) is 0 Å². The minimum atomic E-state index is -0.718. The Morgan fingerprint density at radius 1 is 0.741 bits per heavy atom. The van der Waals surface area contributed by atoms with Gasteiger partial charge >= 0.3 is 0 Å². The van der Waals surface area contributed by atoms with Crippen LogP contribution in [0.15, 0.2) is 0 Å². The van der Waals surface area contributed by atoms with Gasteiger partial charge in [0.2, 0.25) is 0 Å². The first-order valence-electron chi connectivity index (χ1n) is 9.96. The highest BCUT2D eigenvalue weighted by atomic mass is 16.3. The molecule has 0 rings (SSSR count). The lowest BCUT2D eigenvalue weighted by atomic mass is 9.75. The number of nitrogens with zero attached hydrogens (tertiary/aromatic N) is 1. The number of hydrogen-bond donors (Lipinski definition) is 7. The molecule has 0 fully saturated rings. The summed E-state index contributed by atoms with van der Waals surface area (Å²) in [5, 5.41) is 67.0. The van der Waals surface area contributed by atoms with E-state index in [2.05, 4.69) is 0 Å². The van der Waals surface area contributed by atoms with Crippen molar-refractivity contribution < 1.29 is 35.7 Å². The Kier molecular flexibility index (Phi) is 14.5. The van der Waals surface area contributed by atoms with E-state index < -0.39 is 16.9 Å². The summed E-state index contributed by atoms with van der Waals surface area (Å²) < 4.78 is 0. The number of aliphatic hydroxyl groups is 7. The average molecular weight is 396 g/mol. The van der Waals surface area contributed by atoms with Crippen molar-refractivity contribution in [1.29, 1.82) is 0 Å². The van der Waals surface area contributed by atoms with Crippen LogP contribution in [0.3, 0.4) is 0 Å². The van der Waals surface area contributed by atoms with Crippen LogP contribution in [0.5, 0.6) is 0 Å². The van der Waals surface area contributed by atoms with Crippen LogP contribution in [0.1, 0.15) is 45.4 Å². The van der Waals surface area contributed by atoms with Gasteiger partial charge in [0.05, 0.1) is 45.7 Å². The monoisotopic (exact) mass is 395 g/mol. The van der Waals surface area contributed by atoms with Crippen molar-refractivity contribution in [2.75, 3.05) is 59.3 Å². The molecule has 0 aliphatic rings. The van der Waals surface area contributed by atoms with E-state index in [9.17, 15) is 25.5 Å². The number of aliphatic hydroxyl groups excluding tert-OH is 7. The third kappa shape index (κ3) is 9.62. The minimum Gasteiger partial charge on any atom is -0.396 e. The van der Waals surface area contributed by atoms with E-state index in [4.69, 9.17) is 10.2 Å². The maximum Gasteiger partial charge on any atom is 0.0667 e. The molecule has 8 heteroatoms. The van der Waals surface area contributed by atoms with Crippen molar-refractivity contribution in [2.45, 2.75) is 51.6 Å². The Bertz CT molecular complexity index is 335. The predicted molar refractivity (Wildman–Crippen MR) is 103 cm³/mol. The molecule has 0 aromatic carbocycles. The maximum absolute atomic E-state index is 10.3. The van der Waals surface area contributed by atoms with Crippen LogP contribution >= 0.6 is 0 Å². The van der Waals surface area contributed by atoms with Gasteiger partial charge < -0.3 is 35.7 Å². The molecule has 0 heterocycles. The first-order chi connectivity index (χ1) is 12.9. The molecule has 0 aliphatic heterocycles. The third-order valence-electron chi connectivity index (χ3n) is 5.82. The lowest BCUT2D eigenvalue weighted by Crippen LogP contribution is -2.38. The molecule has 27 heavy (non-hydrogen) atoms. The summed E-state index contributed by atoms with van der Waals surface area (Å²) in [5.41, 5.74) is -1.25. The average Bonchev–Trinajstić information content (AvgIpc) is 2.69. The van der Waals surface area contributed by atoms with Crippen molar-refractivity contribution in [3.05, 3.63) is 0 Å².